The molecule has 2 heterocycles. The highest BCUT2D eigenvalue weighted by Gasteiger charge is 2.40. The van der Waals surface area contributed by atoms with E-state index < -0.39 is 16.2 Å². The van der Waals surface area contributed by atoms with Crippen molar-refractivity contribution in [2.45, 2.75) is 11.4 Å². The molecular weight excluding hydrogens is 518 g/mol. The summed E-state index contributed by atoms with van der Waals surface area (Å²) in [5.41, 5.74) is 1.44. The molecule has 0 bridgehead atoms. The van der Waals surface area contributed by atoms with Crippen molar-refractivity contribution in [2.75, 3.05) is 28.1 Å². The van der Waals surface area contributed by atoms with Crippen molar-refractivity contribution in [1.82, 2.24) is 4.31 Å². The molecule has 198 valence electrons. The van der Waals surface area contributed by atoms with Gasteiger partial charge in [0.2, 0.25) is 18.4 Å². The molecule has 0 saturated heterocycles. The zero-order chi connectivity index (χ0) is 27.0. The summed E-state index contributed by atoms with van der Waals surface area (Å²) in [6, 6.07) is 14.5. The summed E-state index contributed by atoms with van der Waals surface area (Å²) in [6.45, 7) is -0.265. The minimum absolute atomic E-state index is 0.0159. The van der Waals surface area contributed by atoms with Gasteiger partial charge in [-0.25, -0.2) is 17.5 Å². The van der Waals surface area contributed by atoms with Gasteiger partial charge in [-0.05, 0) is 41.5 Å². The summed E-state index contributed by atoms with van der Waals surface area (Å²) in [5, 5.41) is 9.64. The van der Waals surface area contributed by atoms with Crippen molar-refractivity contribution >= 4 is 21.8 Å². The summed E-state index contributed by atoms with van der Waals surface area (Å²) in [7, 11) is 0.0570. The molecule has 1 N–H and O–H groups in total. The van der Waals surface area contributed by atoms with E-state index in [0.29, 0.717) is 39.9 Å². The lowest BCUT2D eigenvalue weighted by atomic mass is 9.97. The van der Waals surface area contributed by atoms with Crippen LogP contribution in [0.3, 0.4) is 0 Å². The van der Waals surface area contributed by atoms with E-state index in [-0.39, 0.29) is 35.3 Å². The van der Waals surface area contributed by atoms with Crippen molar-refractivity contribution in [3.63, 3.8) is 0 Å². The molecule has 0 atom stereocenters. The van der Waals surface area contributed by atoms with Crippen molar-refractivity contribution in [3.05, 3.63) is 77.2 Å². The maximum atomic E-state index is 13.9. The first kappa shape index (κ1) is 25.1. The predicted molar refractivity (Wildman–Crippen MR) is 133 cm³/mol. The largest absolute Gasteiger partial charge is 0.512 e. The lowest BCUT2D eigenvalue weighted by Crippen LogP contribution is -2.36. The molecule has 2 aliphatic rings. The zero-order valence-corrected chi connectivity index (χ0v) is 21.4. The Morgan fingerprint density at radius 1 is 0.947 bits per heavy atom. The molecule has 5 rings (SSSR count). The van der Waals surface area contributed by atoms with E-state index >= 15 is 0 Å². The second kappa shape index (κ2) is 9.71. The van der Waals surface area contributed by atoms with Crippen molar-refractivity contribution < 1.29 is 46.7 Å². The van der Waals surface area contributed by atoms with Gasteiger partial charge in [-0.3, -0.25) is 0 Å². The number of fused-ring (bicyclic) bond motifs is 2. The van der Waals surface area contributed by atoms with E-state index in [4.69, 9.17) is 28.4 Å². The molecular formula is C26H23NO10S. The van der Waals surface area contributed by atoms with E-state index in [0.717, 1.165) is 4.31 Å². The van der Waals surface area contributed by atoms with Gasteiger partial charge >= 0.3 is 6.16 Å². The number of carboxylic acid groups (broad SMARTS) is 1. The minimum atomic E-state index is -4.26. The average Bonchev–Trinajstić information content (AvgIpc) is 3.38. The highest BCUT2D eigenvalue weighted by molar-refractivity contribution is 7.89. The summed E-state index contributed by atoms with van der Waals surface area (Å²) >= 11 is 0. The molecule has 0 fully saturated rings. The second-order valence-electron chi connectivity index (χ2n) is 8.16. The van der Waals surface area contributed by atoms with Crippen molar-refractivity contribution in [2.24, 2.45) is 0 Å². The summed E-state index contributed by atoms with van der Waals surface area (Å²) in [6.07, 6.45) is -1.68. The topological polar surface area (TPSA) is 130 Å². The third-order valence-electron chi connectivity index (χ3n) is 6.06. The number of hydrogen-bond donors (Lipinski definition) is 1. The monoisotopic (exact) mass is 541 g/mol. The first-order valence-corrected chi connectivity index (χ1v) is 12.7. The predicted octanol–water partition coefficient (Wildman–Crippen LogP) is 4.06. The fourth-order valence-corrected chi connectivity index (χ4v) is 6.03. The fraction of sp³-hybridized carbons (Fsp3) is 0.192. The molecule has 12 heteroatoms. The van der Waals surface area contributed by atoms with Crippen LogP contribution in [-0.4, -0.2) is 52.1 Å². The maximum Gasteiger partial charge on any atom is 0.512 e. The Balaban J connectivity index is 1.74. The average molecular weight is 542 g/mol. The van der Waals surface area contributed by atoms with Crippen LogP contribution in [0.1, 0.15) is 16.7 Å². The highest BCUT2D eigenvalue weighted by Crippen LogP contribution is 2.45. The van der Waals surface area contributed by atoms with Crippen LogP contribution in [0, 0.1) is 0 Å². The molecule has 11 nitrogen and oxygen atoms in total. The smallest absolute Gasteiger partial charge is 0.493 e. The Kier molecular flexibility index (Phi) is 6.41. The quantitative estimate of drug-likeness (QED) is 0.437. The molecule has 0 spiro atoms. The van der Waals surface area contributed by atoms with Crippen molar-refractivity contribution in [1.29, 1.82) is 0 Å². The number of hydrogen-bond acceptors (Lipinski definition) is 9. The number of nitrogens with zero attached hydrogens (tertiary/aromatic N) is 1. The Hall–Kier alpha value is -4.58. The van der Waals surface area contributed by atoms with Gasteiger partial charge in [0.25, 0.3) is 10.0 Å². The number of methoxy groups -OCH3 is 3. The lowest BCUT2D eigenvalue weighted by Gasteiger charge is -2.33. The third-order valence-corrected chi connectivity index (χ3v) is 7.85. The number of sulfonamides is 1. The first-order valence-electron chi connectivity index (χ1n) is 11.2. The summed E-state index contributed by atoms with van der Waals surface area (Å²) in [5.74, 6) is 1.50. The fourth-order valence-electron chi connectivity index (χ4n) is 4.43. The third kappa shape index (κ3) is 4.18. The molecule has 2 aliphatic heterocycles. The summed E-state index contributed by atoms with van der Waals surface area (Å²) < 4.78 is 60.9. The molecule has 0 radical (unpaired) electrons. The van der Waals surface area contributed by atoms with E-state index in [2.05, 4.69) is 0 Å². The number of ether oxygens (including phenoxy) is 6. The zero-order valence-electron chi connectivity index (χ0n) is 20.6. The van der Waals surface area contributed by atoms with Crippen LogP contribution in [0.2, 0.25) is 0 Å². The van der Waals surface area contributed by atoms with Crippen LogP contribution in [0.25, 0.3) is 5.57 Å². The van der Waals surface area contributed by atoms with Crippen LogP contribution in [0.5, 0.6) is 28.7 Å². The van der Waals surface area contributed by atoms with Gasteiger partial charge in [0.15, 0.2) is 23.0 Å². The number of benzene rings is 3. The normalized spacial score (nSPS) is 15.1. The lowest BCUT2D eigenvalue weighted by molar-refractivity contribution is 0.101. The van der Waals surface area contributed by atoms with E-state index in [1.807, 2.05) is 0 Å². The first-order chi connectivity index (χ1) is 18.3. The van der Waals surface area contributed by atoms with Gasteiger partial charge in [0.1, 0.15) is 0 Å². The standard InChI is InChI=1S/C26H23NO10S/c1-32-20-10-15(11-21(33-2)24(20)34-3)13-27-25(37-26(28)29)23(16-8-9-18-19(12-16)36-14-35-18)17-6-4-5-7-22(17)38(27,30)31/h4-12H,13-14H2,1-3H3,(H,28,29). The summed E-state index contributed by atoms with van der Waals surface area (Å²) in [4.78, 5) is 11.8. The molecule has 3 aromatic carbocycles. The van der Waals surface area contributed by atoms with Crippen LogP contribution in [-0.2, 0) is 21.3 Å². The van der Waals surface area contributed by atoms with E-state index in [9.17, 15) is 18.3 Å². The molecule has 0 saturated carbocycles. The van der Waals surface area contributed by atoms with Crippen LogP contribution in [0.4, 0.5) is 4.79 Å². The highest BCUT2D eigenvalue weighted by atomic mass is 32.2. The van der Waals surface area contributed by atoms with Crippen LogP contribution >= 0.6 is 0 Å². The molecule has 0 unspecified atom stereocenters. The Labute approximate surface area is 218 Å². The minimum Gasteiger partial charge on any atom is -0.493 e. The maximum absolute atomic E-state index is 13.9. The van der Waals surface area contributed by atoms with Gasteiger partial charge in [0.05, 0.1) is 38.3 Å². The van der Waals surface area contributed by atoms with Crippen LogP contribution < -0.4 is 23.7 Å². The Bertz CT molecular complexity index is 1540. The van der Waals surface area contributed by atoms with Gasteiger partial charge in [-0.2, -0.15) is 0 Å². The molecule has 0 aromatic heterocycles. The van der Waals surface area contributed by atoms with Gasteiger partial charge in [-0.1, -0.05) is 24.3 Å². The Morgan fingerprint density at radius 3 is 2.29 bits per heavy atom. The number of carbonyl (C=O) groups is 1. The molecule has 0 aliphatic carbocycles. The van der Waals surface area contributed by atoms with Gasteiger partial charge in [0, 0.05) is 5.56 Å². The molecule has 0 amide bonds. The molecule has 3 aromatic rings. The SMILES string of the molecule is COc1cc(CN2C(OC(=O)O)=C(c3ccc4c(c3)OCO4)c3ccccc3S2(=O)=O)cc(OC)c1OC. The van der Waals surface area contributed by atoms with Gasteiger partial charge < -0.3 is 33.5 Å². The number of rotatable bonds is 7. The van der Waals surface area contributed by atoms with Gasteiger partial charge in [-0.15, -0.1) is 0 Å². The van der Waals surface area contributed by atoms with Crippen LogP contribution in [0.15, 0.2) is 65.4 Å². The van der Waals surface area contributed by atoms with Crippen molar-refractivity contribution in [3.8, 4) is 28.7 Å². The Morgan fingerprint density at radius 2 is 1.63 bits per heavy atom. The van der Waals surface area contributed by atoms with E-state index in [1.54, 1.807) is 48.5 Å². The van der Waals surface area contributed by atoms with E-state index in [1.165, 1.54) is 27.4 Å². The second-order valence-corrected chi connectivity index (χ2v) is 9.99. The molecule has 38 heavy (non-hydrogen) atoms.